The van der Waals surface area contributed by atoms with Crippen molar-refractivity contribution in [3.05, 3.63) is 30.1 Å². The van der Waals surface area contributed by atoms with Gasteiger partial charge in [-0.15, -0.1) is 11.6 Å². The topological polar surface area (TPSA) is 17.8 Å². The second-order valence-electron chi connectivity index (χ2n) is 4.35. The molecule has 0 saturated heterocycles. The lowest BCUT2D eigenvalue weighted by Crippen LogP contribution is -2.09. The van der Waals surface area contributed by atoms with Gasteiger partial charge in [-0.2, -0.15) is 11.8 Å². The molecular weight excluding hydrogens is 264 g/mol. The Balaban J connectivity index is 2.29. The SMILES string of the molecule is CCSCCC(C)n1c(CCl)nc2ccccc21. The summed E-state index contributed by atoms with van der Waals surface area (Å²) in [5, 5.41) is 0. The number of para-hydroxylation sites is 2. The molecule has 1 unspecified atom stereocenters. The second kappa shape index (κ2) is 6.48. The molecule has 0 aliphatic carbocycles. The molecule has 0 radical (unpaired) electrons. The molecule has 0 amide bonds. The largest absolute Gasteiger partial charge is 0.324 e. The maximum Gasteiger partial charge on any atom is 0.125 e. The first-order valence-electron chi connectivity index (χ1n) is 6.37. The van der Waals surface area contributed by atoms with Crippen LogP contribution in [-0.2, 0) is 5.88 Å². The number of hydrogen-bond acceptors (Lipinski definition) is 2. The first-order valence-corrected chi connectivity index (χ1v) is 8.06. The Morgan fingerprint density at radius 3 is 2.89 bits per heavy atom. The van der Waals surface area contributed by atoms with E-state index in [0.717, 1.165) is 17.8 Å². The average molecular weight is 283 g/mol. The number of halogens is 1. The van der Waals surface area contributed by atoms with Gasteiger partial charge in [-0.05, 0) is 37.0 Å². The van der Waals surface area contributed by atoms with E-state index in [2.05, 4.69) is 41.6 Å². The van der Waals surface area contributed by atoms with Crippen LogP contribution in [0.3, 0.4) is 0 Å². The van der Waals surface area contributed by atoms with Gasteiger partial charge >= 0.3 is 0 Å². The Bertz CT molecular complexity index is 509. The molecule has 1 heterocycles. The fraction of sp³-hybridized carbons (Fsp3) is 0.500. The lowest BCUT2D eigenvalue weighted by molar-refractivity contribution is 0.534. The molecule has 0 aliphatic heterocycles. The predicted octanol–water partition coefficient (Wildman–Crippen LogP) is 4.48. The Morgan fingerprint density at radius 1 is 1.39 bits per heavy atom. The summed E-state index contributed by atoms with van der Waals surface area (Å²) in [6.45, 7) is 4.45. The van der Waals surface area contributed by atoms with Gasteiger partial charge in [-0.3, -0.25) is 0 Å². The summed E-state index contributed by atoms with van der Waals surface area (Å²) in [4.78, 5) is 4.60. The van der Waals surface area contributed by atoms with Crippen LogP contribution < -0.4 is 0 Å². The molecule has 2 nitrogen and oxygen atoms in total. The highest BCUT2D eigenvalue weighted by atomic mass is 35.5. The minimum Gasteiger partial charge on any atom is -0.324 e. The molecule has 1 atom stereocenters. The molecule has 0 bridgehead atoms. The molecule has 0 aliphatic rings. The van der Waals surface area contributed by atoms with Gasteiger partial charge in [-0.1, -0.05) is 19.1 Å². The van der Waals surface area contributed by atoms with E-state index in [1.54, 1.807) is 0 Å². The van der Waals surface area contributed by atoms with Crippen LogP contribution in [-0.4, -0.2) is 21.1 Å². The normalized spacial score (nSPS) is 13.1. The molecule has 4 heteroatoms. The highest BCUT2D eigenvalue weighted by Crippen LogP contribution is 2.25. The third-order valence-corrected chi connectivity index (χ3v) is 4.28. The van der Waals surface area contributed by atoms with Crippen LogP contribution >= 0.6 is 23.4 Å². The summed E-state index contributed by atoms with van der Waals surface area (Å²) in [5.74, 6) is 3.82. The van der Waals surface area contributed by atoms with Gasteiger partial charge < -0.3 is 4.57 Å². The van der Waals surface area contributed by atoms with Gasteiger partial charge in [0, 0.05) is 6.04 Å². The fourth-order valence-corrected chi connectivity index (χ4v) is 3.19. The Kier molecular flexibility index (Phi) is 4.95. The Hall–Kier alpha value is -0.670. The van der Waals surface area contributed by atoms with Crippen molar-refractivity contribution in [1.82, 2.24) is 9.55 Å². The standard InChI is InChI=1S/C14H19ClN2S/c1-3-18-9-8-11(2)17-13-7-5-4-6-12(13)16-14(17)10-15/h4-7,11H,3,8-10H2,1-2H3. The molecule has 0 fully saturated rings. The number of imidazole rings is 1. The van der Waals surface area contributed by atoms with Crippen molar-refractivity contribution >= 4 is 34.4 Å². The number of fused-ring (bicyclic) bond motifs is 1. The molecule has 98 valence electrons. The van der Waals surface area contributed by atoms with E-state index in [1.165, 1.54) is 17.0 Å². The van der Waals surface area contributed by atoms with Crippen LogP contribution in [0.1, 0.15) is 32.1 Å². The fourth-order valence-electron chi connectivity index (χ4n) is 2.21. The van der Waals surface area contributed by atoms with Crippen LogP contribution in [0, 0.1) is 0 Å². The van der Waals surface area contributed by atoms with Crippen molar-refractivity contribution in [2.45, 2.75) is 32.2 Å². The van der Waals surface area contributed by atoms with Crippen LogP contribution in [0.15, 0.2) is 24.3 Å². The third kappa shape index (κ3) is 2.83. The zero-order valence-electron chi connectivity index (χ0n) is 10.9. The minimum atomic E-state index is 0.449. The van der Waals surface area contributed by atoms with E-state index >= 15 is 0 Å². The molecule has 18 heavy (non-hydrogen) atoms. The van der Waals surface area contributed by atoms with E-state index in [4.69, 9.17) is 11.6 Å². The number of aromatic nitrogens is 2. The second-order valence-corrected chi connectivity index (χ2v) is 6.02. The predicted molar refractivity (Wildman–Crippen MR) is 81.6 cm³/mol. The van der Waals surface area contributed by atoms with Crippen molar-refractivity contribution in [2.75, 3.05) is 11.5 Å². The quantitative estimate of drug-likeness (QED) is 0.574. The molecule has 0 spiro atoms. The van der Waals surface area contributed by atoms with Gasteiger partial charge in [0.1, 0.15) is 5.82 Å². The number of alkyl halides is 1. The number of rotatable bonds is 6. The maximum absolute atomic E-state index is 6.02. The highest BCUT2D eigenvalue weighted by Gasteiger charge is 2.14. The Labute approximate surface area is 118 Å². The molecule has 1 aromatic heterocycles. The zero-order chi connectivity index (χ0) is 13.0. The summed E-state index contributed by atoms with van der Waals surface area (Å²) in [7, 11) is 0. The first kappa shape index (κ1) is 13.8. The van der Waals surface area contributed by atoms with Crippen LogP contribution in [0.2, 0.25) is 0 Å². The van der Waals surface area contributed by atoms with Crippen molar-refractivity contribution in [1.29, 1.82) is 0 Å². The maximum atomic E-state index is 6.02. The minimum absolute atomic E-state index is 0.449. The first-order chi connectivity index (χ1) is 8.77. The number of thioether (sulfide) groups is 1. The van der Waals surface area contributed by atoms with E-state index in [9.17, 15) is 0 Å². The molecule has 0 N–H and O–H groups in total. The average Bonchev–Trinajstić information content (AvgIpc) is 2.77. The van der Waals surface area contributed by atoms with E-state index in [-0.39, 0.29) is 0 Å². The molecule has 1 aromatic carbocycles. The summed E-state index contributed by atoms with van der Waals surface area (Å²) in [6.07, 6.45) is 1.16. The summed E-state index contributed by atoms with van der Waals surface area (Å²) in [5.41, 5.74) is 2.24. The van der Waals surface area contributed by atoms with E-state index < -0.39 is 0 Å². The van der Waals surface area contributed by atoms with Gasteiger partial charge in [0.25, 0.3) is 0 Å². The van der Waals surface area contributed by atoms with E-state index in [1.807, 2.05) is 17.8 Å². The molecular formula is C14H19ClN2S. The number of nitrogens with zero attached hydrogens (tertiary/aromatic N) is 2. The third-order valence-electron chi connectivity index (χ3n) is 3.11. The van der Waals surface area contributed by atoms with Crippen molar-refractivity contribution in [3.63, 3.8) is 0 Å². The lowest BCUT2D eigenvalue weighted by Gasteiger charge is -2.16. The van der Waals surface area contributed by atoms with Gasteiger partial charge in [0.05, 0.1) is 16.9 Å². The molecule has 0 saturated carbocycles. The highest BCUT2D eigenvalue weighted by molar-refractivity contribution is 7.99. The monoisotopic (exact) mass is 282 g/mol. The van der Waals surface area contributed by atoms with Gasteiger partial charge in [0.15, 0.2) is 0 Å². The van der Waals surface area contributed by atoms with Crippen molar-refractivity contribution < 1.29 is 0 Å². The Morgan fingerprint density at radius 2 is 2.17 bits per heavy atom. The summed E-state index contributed by atoms with van der Waals surface area (Å²) < 4.78 is 2.29. The summed E-state index contributed by atoms with van der Waals surface area (Å²) in [6, 6.07) is 8.71. The number of benzene rings is 1. The zero-order valence-corrected chi connectivity index (χ0v) is 12.5. The number of hydrogen-bond donors (Lipinski definition) is 0. The lowest BCUT2D eigenvalue weighted by atomic mass is 10.2. The van der Waals surface area contributed by atoms with E-state index in [0.29, 0.717) is 11.9 Å². The van der Waals surface area contributed by atoms with Crippen molar-refractivity contribution in [2.24, 2.45) is 0 Å². The van der Waals surface area contributed by atoms with Crippen LogP contribution in [0.5, 0.6) is 0 Å². The van der Waals surface area contributed by atoms with Gasteiger partial charge in [-0.25, -0.2) is 4.98 Å². The smallest absolute Gasteiger partial charge is 0.125 e. The summed E-state index contributed by atoms with van der Waals surface area (Å²) >= 11 is 8.01. The molecule has 2 rings (SSSR count). The molecule has 2 aromatic rings. The van der Waals surface area contributed by atoms with Gasteiger partial charge in [0.2, 0.25) is 0 Å². The van der Waals surface area contributed by atoms with Crippen LogP contribution in [0.25, 0.3) is 11.0 Å². The van der Waals surface area contributed by atoms with Crippen LogP contribution in [0.4, 0.5) is 0 Å². The van der Waals surface area contributed by atoms with Crippen molar-refractivity contribution in [3.8, 4) is 0 Å².